The second-order valence-corrected chi connectivity index (χ2v) is 9.45. The Kier molecular flexibility index (Phi) is 6.36. The number of aromatic nitrogens is 1. The third kappa shape index (κ3) is 4.56. The SMILES string of the molecule is Cc1cc(C)cc(-c2cnc3cc(Cl)c(-c4cccc(C=O)c4)cc3c2OCCC2CCN2)c1. The maximum atomic E-state index is 11.3. The molecule has 1 unspecified atom stereocenters. The van der Waals surface area contributed by atoms with Crippen LogP contribution >= 0.6 is 11.6 Å². The number of halogens is 1. The number of ether oxygens (including phenoxy) is 1. The van der Waals surface area contributed by atoms with Crippen LogP contribution in [0.25, 0.3) is 33.2 Å². The zero-order valence-corrected chi connectivity index (χ0v) is 20.2. The van der Waals surface area contributed by atoms with Crippen LogP contribution < -0.4 is 10.1 Å². The van der Waals surface area contributed by atoms with E-state index in [1.165, 1.54) is 17.5 Å². The van der Waals surface area contributed by atoms with Crippen molar-refractivity contribution in [3.63, 3.8) is 0 Å². The number of pyridine rings is 1. The smallest absolute Gasteiger partial charge is 0.150 e. The molecule has 0 saturated carbocycles. The highest BCUT2D eigenvalue weighted by Gasteiger charge is 2.19. The van der Waals surface area contributed by atoms with Crippen LogP contribution in [0.3, 0.4) is 0 Å². The molecule has 172 valence electrons. The summed E-state index contributed by atoms with van der Waals surface area (Å²) in [5.74, 6) is 0.818. The Morgan fingerprint density at radius 1 is 1.06 bits per heavy atom. The number of fused-ring (bicyclic) bond motifs is 1. The predicted octanol–water partition coefficient (Wildman–Crippen LogP) is 6.78. The number of hydrogen-bond acceptors (Lipinski definition) is 4. The minimum absolute atomic E-state index is 0.522. The first kappa shape index (κ1) is 22.6. The average Bonchev–Trinajstić information content (AvgIpc) is 2.79. The van der Waals surface area contributed by atoms with Crippen molar-refractivity contribution < 1.29 is 9.53 Å². The molecule has 4 aromatic rings. The lowest BCUT2D eigenvalue weighted by molar-refractivity contribution is 0.112. The van der Waals surface area contributed by atoms with Crippen LogP contribution in [0, 0.1) is 13.8 Å². The molecule has 1 aliphatic rings. The summed E-state index contributed by atoms with van der Waals surface area (Å²) in [6.45, 7) is 5.91. The van der Waals surface area contributed by atoms with Gasteiger partial charge in [-0.1, -0.05) is 59.1 Å². The highest BCUT2D eigenvalue weighted by molar-refractivity contribution is 6.34. The minimum atomic E-state index is 0.522. The minimum Gasteiger partial charge on any atom is -0.492 e. The van der Waals surface area contributed by atoms with E-state index >= 15 is 0 Å². The van der Waals surface area contributed by atoms with Gasteiger partial charge in [0, 0.05) is 34.3 Å². The second-order valence-electron chi connectivity index (χ2n) is 9.05. The Hall–Kier alpha value is -3.21. The number of rotatable bonds is 7. The van der Waals surface area contributed by atoms with Crippen LogP contribution in [0.4, 0.5) is 0 Å². The molecule has 0 bridgehead atoms. The third-order valence-corrected chi connectivity index (χ3v) is 6.72. The topological polar surface area (TPSA) is 51.2 Å². The molecule has 0 amide bonds. The summed E-state index contributed by atoms with van der Waals surface area (Å²) in [4.78, 5) is 16.1. The molecule has 1 saturated heterocycles. The lowest BCUT2D eigenvalue weighted by Gasteiger charge is -2.27. The first-order chi connectivity index (χ1) is 16.5. The van der Waals surface area contributed by atoms with Gasteiger partial charge in [-0.15, -0.1) is 0 Å². The number of nitrogens with one attached hydrogen (secondary N) is 1. The maximum absolute atomic E-state index is 11.3. The van der Waals surface area contributed by atoms with Gasteiger partial charge in [-0.05, 0) is 62.6 Å². The molecule has 5 heteroatoms. The molecule has 1 aromatic heterocycles. The summed E-state index contributed by atoms with van der Waals surface area (Å²) in [7, 11) is 0. The quantitative estimate of drug-likeness (QED) is 0.302. The summed E-state index contributed by atoms with van der Waals surface area (Å²) >= 11 is 6.68. The Bertz CT molecular complexity index is 1360. The summed E-state index contributed by atoms with van der Waals surface area (Å²) in [5.41, 5.74) is 7.58. The van der Waals surface area contributed by atoms with Gasteiger partial charge in [-0.3, -0.25) is 9.78 Å². The lowest BCUT2D eigenvalue weighted by atomic mass is 9.97. The molecule has 0 aliphatic carbocycles. The van der Waals surface area contributed by atoms with Gasteiger partial charge in [0.25, 0.3) is 0 Å². The molecule has 0 spiro atoms. The van der Waals surface area contributed by atoms with Crippen LogP contribution in [0.2, 0.25) is 5.02 Å². The largest absolute Gasteiger partial charge is 0.492 e. The van der Waals surface area contributed by atoms with Crippen LogP contribution in [-0.4, -0.2) is 30.5 Å². The van der Waals surface area contributed by atoms with Gasteiger partial charge >= 0.3 is 0 Å². The van der Waals surface area contributed by atoms with Crippen molar-refractivity contribution in [1.29, 1.82) is 0 Å². The summed E-state index contributed by atoms with van der Waals surface area (Å²) < 4.78 is 6.49. The van der Waals surface area contributed by atoms with Crippen molar-refractivity contribution in [3.8, 4) is 28.0 Å². The van der Waals surface area contributed by atoms with Crippen molar-refractivity contribution in [2.75, 3.05) is 13.2 Å². The molecular weight excluding hydrogens is 444 g/mol. The van der Waals surface area contributed by atoms with Gasteiger partial charge < -0.3 is 10.1 Å². The maximum Gasteiger partial charge on any atom is 0.150 e. The normalized spacial score (nSPS) is 15.2. The van der Waals surface area contributed by atoms with Gasteiger partial charge in [0.1, 0.15) is 12.0 Å². The third-order valence-electron chi connectivity index (χ3n) is 6.41. The fraction of sp³-hybridized carbons (Fsp3) is 0.241. The highest BCUT2D eigenvalue weighted by Crippen LogP contribution is 2.41. The Balaban J connectivity index is 1.66. The van der Waals surface area contributed by atoms with Gasteiger partial charge in [0.05, 0.1) is 17.1 Å². The van der Waals surface area contributed by atoms with E-state index in [-0.39, 0.29) is 0 Å². The molecule has 0 radical (unpaired) electrons. The summed E-state index contributed by atoms with van der Waals surface area (Å²) in [6, 6.07) is 18.4. The summed E-state index contributed by atoms with van der Waals surface area (Å²) in [6.07, 6.45) is 4.88. The molecule has 1 fully saturated rings. The number of aldehydes is 1. The van der Waals surface area contributed by atoms with Crippen LogP contribution in [-0.2, 0) is 0 Å². The van der Waals surface area contributed by atoms with Crippen molar-refractivity contribution in [2.45, 2.75) is 32.7 Å². The zero-order valence-electron chi connectivity index (χ0n) is 19.4. The number of carbonyl (C=O) groups excluding carboxylic acids is 1. The molecule has 3 aromatic carbocycles. The Morgan fingerprint density at radius 3 is 2.56 bits per heavy atom. The fourth-order valence-electron chi connectivity index (χ4n) is 4.58. The predicted molar refractivity (Wildman–Crippen MR) is 139 cm³/mol. The van der Waals surface area contributed by atoms with Gasteiger partial charge in [0.2, 0.25) is 0 Å². The van der Waals surface area contributed by atoms with E-state index in [0.29, 0.717) is 23.2 Å². The Morgan fingerprint density at radius 2 is 1.85 bits per heavy atom. The van der Waals surface area contributed by atoms with Crippen molar-refractivity contribution in [2.24, 2.45) is 0 Å². The number of hydrogen-bond donors (Lipinski definition) is 1. The first-order valence-electron chi connectivity index (χ1n) is 11.6. The van der Waals surface area contributed by atoms with E-state index in [1.54, 1.807) is 6.07 Å². The van der Waals surface area contributed by atoms with E-state index < -0.39 is 0 Å². The molecule has 5 rings (SSSR count). The van der Waals surface area contributed by atoms with Crippen molar-refractivity contribution >= 4 is 28.8 Å². The van der Waals surface area contributed by atoms with Crippen molar-refractivity contribution in [1.82, 2.24) is 10.3 Å². The average molecular weight is 471 g/mol. The van der Waals surface area contributed by atoms with Gasteiger partial charge in [-0.2, -0.15) is 0 Å². The van der Waals surface area contributed by atoms with Crippen LogP contribution in [0.5, 0.6) is 5.75 Å². The van der Waals surface area contributed by atoms with E-state index in [2.05, 4.69) is 37.4 Å². The fourth-order valence-corrected chi connectivity index (χ4v) is 4.85. The first-order valence-corrected chi connectivity index (χ1v) is 12.0. The van der Waals surface area contributed by atoms with E-state index in [0.717, 1.165) is 58.2 Å². The number of benzene rings is 3. The number of carbonyl (C=O) groups is 1. The standard InChI is InChI=1S/C29H27ClN2O2/c1-18-10-19(2)12-22(11-18)26-16-32-28-15-27(30)24(21-5-3-4-20(13-21)17-33)14-25(28)29(26)34-9-7-23-6-8-31-23/h3-5,10-17,23,31H,6-9H2,1-2H3. The molecule has 1 atom stereocenters. The van der Waals surface area contributed by atoms with Crippen molar-refractivity contribution in [3.05, 3.63) is 82.5 Å². The zero-order chi connectivity index (χ0) is 23.7. The van der Waals surface area contributed by atoms with Gasteiger partial charge in [-0.25, -0.2) is 0 Å². The van der Waals surface area contributed by atoms with Crippen LogP contribution in [0.15, 0.2) is 60.8 Å². The molecule has 34 heavy (non-hydrogen) atoms. The summed E-state index contributed by atoms with van der Waals surface area (Å²) in [5, 5.41) is 4.94. The molecular formula is C29H27ClN2O2. The van der Waals surface area contributed by atoms with E-state index in [1.807, 2.05) is 36.5 Å². The van der Waals surface area contributed by atoms with Gasteiger partial charge in [0.15, 0.2) is 0 Å². The monoisotopic (exact) mass is 470 g/mol. The van der Waals surface area contributed by atoms with E-state index in [9.17, 15) is 4.79 Å². The molecule has 1 N–H and O–H groups in total. The number of nitrogens with zero attached hydrogens (tertiary/aromatic N) is 1. The number of aryl methyl sites for hydroxylation is 2. The lowest BCUT2D eigenvalue weighted by Crippen LogP contribution is -2.43. The van der Waals surface area contributed by atoms with Crippen LogP contribution in [0.1, 0.15) is 34.3 Å². The Labute approximate surface area is 204 Å². The molecule has 1 aliphatic heterocycles. The highest BCUT2D eigenvalue weighted by atomic mass is 35.5. The van der Waals surface area contributed by atoms with E-state index in [4.69, 9.17) is 21.3 Å². The molecule has 2 heterocycles. The second kappa shape index (κ2) is 9.57. The molecule has 4 nitrogen and oxygen atoms in total.